The van der Waals surface area contributed by atoms with Crippen LogP contribution in [0, 0.1) is 0 Å². The first-order valence-electron chi connectivity index (χ1n) is 3.89. The Bertz CT molecular complexity index is 611. The van der Waals surface area contributed by atoms with Crippen LogP contribution < -0.4 is 5.56 Å². The van der Waals surface area contributed by atoms with Gasteiger partial charge in [0, 0.05) is 11.5 Å². The molecule has 0 saturated heterocycles. The van der Waals surface area contributed by atoms with Gasteiger partial charge in [0.2, 0.25) is 5.28 Å². The fourth-order valence-corrected chi connectivity index (χ4v) is 2.12. The van der Waals surface area contributed by atoms with E-state index in [1.54, 1.807) is 6.07 Å². The lowest BCUT2D eigenvalue weighted by Crippen LogP contribution is -2.19. The Morgan fingerprint density at radius 1 is 1.33 bits per heavy atom. The van der Waals surface area contributed by atoms with Crippen molar-refractivity contribution in [1.29, 1.82) is 0 Å². The van der Waals surface area contributed by atoms with E-state index in [1.165, 1.54) is 11.6 Å². The van der Waals surface area contributed by atoms with Crippen molar-refractivity contribution in [2.24, 2.45) is 7.05 Å². The van der Waals surface area contributed by atoms with Gasteiger partial charge in [-0.2, -0.15) is 0 Å². The molecule has 0 fully saturated rings. The van der Waals surface area contributed by atoms with Gasteiger partial charge in [-0.25, -0.2) is 9.97 Å². The summed E-state index contributed by atoms with van der Waals surface area (Å²) in [6.45, 7) is 0. The highest BCUT2D eigenvalue weighted by Crippen LogP contribution is 2.22. The van der Waals surface area contributed by atoms with Crippen LogP contribution in [0.1, 0.15) is 0 Å². The maximum absolute atomic E-state index is 11.8. The summed E-state index contributed by atoms with van der Waals surface area (Å²) in [7, 11) is 1.52. The molecule has 0 aliphatic rings. The topological polar surface area (TPSA) is 47.8 Å². The summed E-state index contributed by atoms with van der Waals surface area (Å²) in [6, 6.07) is 1.56. The first-order chi connectivity index (χ1) is 7.00. The smallest absolute Gasteiger partial charge is 0.280 e. The van der Waals surface area contributed by atoms with E-state index in [0.717, 1.165) is 0 Å². The van der Waals surface area contributed by atoms with Crippen LogP contribution in [0.25, 0.3) is 11.0 Å². The molecule has 2 aromatic heterocycles. The molecule has 0 aromatic carbocycles. The van der Waals surface area contributed by atoms with E-state index < -0.39 is 0 Å². The van der Waals surface area contributed by atoms with E-state index >= 15 is 0 Å². The lowest BCUT2D eigenvalue weighted by molar-refractivity contribution is 0.839. The molecule has 15 heavy (non-hydrogen) atoms. The average Bonchev–Trinajstić information content (AvgIpc) is 2.17. The Balaban J connectivity index is 3.06. The van der Waals surface area contributed by atoms with Gasteiger partial charge in [0.25, 0.3) is 5.56 Å². The highest BCUT2D eigenvalue weighted by Gasteiger charge is 2.11. The molecule has 0 amide bonds. The van der Waals surface area contributed by atoms with Crippen LogP contribution in [-0.2, 0) is 7.05 Å². The van der Waals surface area contributed by atoms with Gasteiger partial charge in [-0.05, 0) is 33.6 Å². The molecule has 7 heteroatoms. The van der Waals surface area contributed by atoms with E-state index in [-0.39, 0.29) is 21.5 Å². The van der Waals surface area contributed by atoms with Crippen molar-refractivity contribution in [3.63, 3.8) is 0 Å². The van der Waals surface area contributed by atoms with Gasteiger partial charge in [0.1, 0.15) is 10.7 Å². The van der Waals surface area contributed by atoms with Crippen LogP contribution in [0.3, 0.4) is 0 Å². The minimum Gasteiger partial charge on any atom is -0.285 e. The lowest BCUT2D eigenvalue weighted by atomic mass is 10.3. The third-order valence-electron chi connectivity index (χ3n) is 1.90. The maximum Gasteiger partial charge on any atom is 0.280 e. The summed E-state index contributed by atoms with van der Waals surface area (Å²) < 4.78 is 1.80. The molecule has 0 atom stereocenters. The zero-order chi connectivity index (χ0) is 11.2. The molecule has 2 aromatic rings. The largest absolute Gasteiger partial charge is 0.285 e. The summed E-state index contributed by atoms with van der Waals surface area (Å²) in [5, 5.41) is 0.341. The molecule has 0 bridgehead atoms. The second kappa shape index (κ2) is 3.73. The van der Waals surface area contributed by atoms with Gasteiger partial charge < -0.3 is 0 Å². The number of pyridine rings is 1. The van der Waals surface area contributed by atoms with Crippen molar-refractivity contribution in [3.05, 3.63) is 31.3 Å². The second-order valence-corrected chi connectivity index (χ2v) is 4.45. The number of rotatable bonds is 0. The quantitative estimate of drug-likeness (QED) is 0.554. The van der Waals surface area contributed by atoms with Crippen LogP contribution in [0.5, 0.6) is 0 Å². The first kappa shape index (κ1) is 10.9. The van der Waals surface area contributed by atoms with Crippen LogP contribution in [0.4, 0.5) is 0 Å². The molecular weight excluding hydrogens is 305 g/mol. The average molecular weight is 309 g/mol. The van der Waals surface area contributed by atoms with Gasteiger partial charge in [-0.3, -0.25) is 9.36 Å². The molecule has 2 rings (SSSR count). The Hall–Kier alpha value is -0.650. The fraction of sp³-hybridized carbons (Fsp3) is 0.125. The standard InChI is InChI=1S/C8H4BrCl2N3O/c1-14-7(15)6-5(13-8(14)11)3(9)2-4(10)12-6/h2H,1H3. The molecule has 0 aliphatic heterocycles. The highest BCUT2D eigenvalue weighted by atomic mass is 79.9. The Morgan fingerprint density at radius 2 is 2.00 bits per heavy atom. The molecule has 0 aliphatic carbocycles. The normalized spacial score (nSPS) is 10.9. The van der Waals surface area contributed by atoms with Gasteiger partial charge >= 0.3 is 0 Å². The minimum atomic E-state index is -0.326. The Morgan fingerprint density at radius 3 is 2.67 bits per heavy atom. The van der Waals surface area contributed by atoms with Gasteiger partial charge in [-0.15, -0.1) is 0 Å². The Labute approximate surface area is 103 Å². The highest BCUT2D eigenvalue weighted by molar-refractivity contribution is 9.10. The predicted molar refractivity (Wildman–Crippen MR) is 62.5 cm³/mol. The number of nitrogens with zero attached hydrogens (tertiary/aromatic N) is 3. The molecule has 2 heterocycles. The summed E-state index contributed by atoms with van der Waals surface area (Å²) in [4.78, 5) is 19.7. The molecule has 0 N–H and O–H groups in total. The van der Waals surface area contributed by atoms with Crippen molar-refractivity contribution < 1.29 is 0 Å². The maximum atomic E-state index is 11.8. The lowest BCUT2D eigenvalue weighted by Gasteiger charge is -2.04. The summed E-state index contributed by atoms with van der Waals surface area (Å²) >= 11 is 14.8. The number of fused-ring (bicyclic) bond motifs is 1. The predicted octanol–water partition coefficient (Wildman–Crippen LogP) is 2.40. The minimum absolute atomic E-state index is 0.109. The molecule has 0 unspecified atom stereocenters. The zero-order valence-electron chi connectivity index (χ0n) is 7.46. The van der Waals surface area contributed by atoms with Crippen LogP contribution in [0.2, 0.25) is 10.4 Å². The van der Waals surface area contributed by atoms with E-state index in [9.17, 15) is 4.79 Å². The molecular formula is C8H4BrCl2N3O. The Kier molecular flexibility index (Phi) is 2.70. The summed E-state index contributed by atoms with van der Waals surface area (Å²) in [5.41, 5.74) is 0.280. The number of hydrogen-bond donors (Lipinski definition) is 0. The van der Waals surface area contributed by atoms with Gasteiger partial charge in [0.15, 0.2) is 5.52 Å². The van der Waals surface area contributed by atoms with Crippen molar-refractivity contribution in [1.82, 2.24) is 14.5 Å². The van der Waals surface area contributed by atoms with Crippen LogP contribution >= 0.6 is 39.1 Å². The van der Waals surface area contributed by atoms with Crippen molar-refractivity contribution in [3.8, 4) is 0 Å². The molecule has 78 valence electrons. The van der Waals surface area contributed by atoms with Crippen LogP contribution in [-0.4, -0.2) is 14.5 Å². The molecule has 0 spiro atoms. The summed E-state index contributed by atoms with van der Waals surface area (Å²) in [6.07, 6.45) is 0. The fourth-order valence-electron chi connectivity index (χ4n) is 1.14. The van der Waals surface area contributed by atoms with E-state index in [0.29, 0.717) is 9.99 Å². The number of aromatic nitrogens is 3. The van der Waals surface area contributed by atoms with Gasteiger partial charge in [-0.1, -0.05) is 11.6 Å². The first-order valence-corrected chi connectivity index (χ1v) is 5.44. The number of hydrogen-bond acceptors (Lipinski definition) is 3. The van der Waals surface area contributed by atoms with Crippen LogP contribution in [0.15, 0.2) is 15.3 Å². The number of halogens is 3. The monoisotopic (exact) mass is 307 g/mol. The third-order valence-corrected chi connectivity index (χ3v) is 3.04. The molecule has 0 saturated carbocycles. The summed E-state index contributed by atoms with van der Waals surface area (Å²) in [5.74, 6) is 0. The SMILES string of the molecule is Cn1c(Cl)nc2c(Br)cc(Cl)nc2c1=O. The van der Waals surface area contributed by atoms with E-state index in [4.69, 9.17) is 23.2 Å². The zero-order valence-corrected chi connectivity index (χ0v) is 10.6. The van der Waals surface area contributed by atoms with Gasteiger partial charge in [0.05, 0.1) is 0 Å². The third kappa shape index (κ3) is 1.75. The second-order valence-electron chi connectivity index (χ2n) is 2.87. The molecule has 0 radical (unpaired) electrons. The van der Waals surface area contributed by atoms with Crippen molar-refractivity contribution >= 4 is 50.2 Å². The van der Waals surface area contributed by atoms with Crippen molar-refractivity contribution in [2.75, 3.05) is 0 Å². The van der Waals surface area contributed by atoms with Crippen molar-refractivity contribution in [2.45, 2.75) is 0 Å². The van der Waals surface area contributed by atoms with E-state index in [1.807, 2.05) is 0 Å². The molecule has 4 nitrogen and oxygen atoms in total. The van der Waals surface area contributed by atoms with E-state index in [2.05, 4.69) is 25.9 Å².